The lowest BCUT2D eigenvalue weighted by atomic mass is 9.77. The molecule has 0 bridgehead atoms. The predicted octanol–water partition coefficient (Wildman–Crippen LogP) is 11.3. The van der Waals surface area contributed by atoms with Crippen LogP contribution in [-0.4, -0.2) is 0 Å². The Morgan fingerprint density at radius 1 is 0.225 bits per heavy atom. The Labute approximate surface area is 232 Å². The summed E-state index contributed by atoms with van der Waals surface area (Å²) < 4.78 is 0. The van der Waals surface area contributed by atoms with Crippen molar-refractivity contribution in [3.63, 3.8) is 0 Å². The first-order valence-electron chi connectivity index (χ1n) is 13.9. The molecule has 0 saturated carbocycles. The van der Waals surface area contributed by atoms with Crippen LogP contribution in [0.15, 0.2) is 146 Å². The number of hydrogen-bond donors (Lipinski definition) is 0. The molecule has 0 radical (unpaired) electrons. The minimum absolute atomic E-state index is 1.27. The molecule has 184 valence electrons. The SMILES string of the molecule is c1ccc2c(c1)-c1ccccc1-c1c(ccc3cc4ccccc4cc13)-c1c-2ccc2cc3ccccc3cc12. The fraction of sp³-hybridized carbons (Fsp3) is 0. The summed E-state index contributed by atoms with van der Waals surface area (Å²) in [4.78, 5) is 0. The lowest BCUT2D eigenvalue weighted by Crippen LogP contribution is -1.99. The minimum atomic E-state index is 1.27. The van der Waals surface area contributed by atoms with E-state index in [4.69, 9.17) is 0 Å². The van der Waals surface area contributed by atoms with Gasteiger partial charge in [0.2, 0.25) is 0 Å². The van der Waals surface area contributed by atoms with E-state index < -0.39 is 0 Å². The Morgan fingerprint density at radius 2 is 0.600 bits per heavy atom. The molecule has 40 heavy (non-hydrogen) atoms. The third-order valence-corrected chi connectivity index (χ3v) is 8.75. The second-order valence-electron chi connectivity index (χ2n) is 10.9. The highest BCUT2D eigenvalue weighted by Gasteiger charge is 2.25. The lowest BCUT2D eigenvalue weighted by Gasteiger charge is -2.25. The molecule has 0 aliphatic heterocycles. The number of fused-ring (bicyclic) bond motifs is 14. The summed E-state index contributed by atoms with van der Waals surface area (Å²) in [7, 11) is 0. The van der Waals surface area contributed by atoms with Crippen LogP contribution in [0.1, 0.15) is 0 Å². The Bertz CT molecular complexity index is 2220. The third kappa shape index (κ3) is 3.02. The molecule has 0 amide bonds. The van der Waals surface area contributed by atoms with Crippen LogP contribution in [0.2, 0.25) is 0 Å². The molecule has 1 aliphatic carbocycles. The van der Waals surface area contributed by atoms with Crippen LogP contribution in [0.5, 0.6) is 0 Å². The van der Waals surface area contributed by atoms with Crippen LogP contribution >= 0.6 is 0 Å². The first-order chi connectivity index (χ1) is 19.8. The molecule has 9 rings (SSSR count). The van der Waals surface area contributed by atoms with E-state index in [1.807, 2.05) is 0 Å². The average molecular weight is 505 g/mol. The maximum atomic E-state index is 2.40. The second kappa shape index (κ2) is 8.15. The quantitative estimate of drug-likeness (QED) is 0.180. The van der Waals surface area contributed by atoms with Gasteiger partial charge in [-0.2, -0.15) is 0 Å². The summed E-state index contributed by atoms with van der Waals surface area (Å²) >= 11 is 0. The van der Waals surface area contributed by atoms with Gasteiger partial charge in [0.15, 0.2) is 0 Å². The molecular formula is C40H24. The molecule has 0 N–H and O–H groups in total. The molecule has 0 unspecified atom stereocenters. The van der Waals surface area contributed by atoms with E-state index in [9.17, 15) is 0 Å². The van der Waals surface area contributed by atoms with Crippen LogP contribution in [-0.2, 0) is 0 Å². The Kier molecular flexibility index (Phi) is 4.42. The summed E-state index contributed by atoms with van der Waals surface area (Å²) in [5.41, 5.74) is 10.3. The number of hydrogen-bond acceptors (Lipinski definition) is 0. The molecule has 0 nitrogen and oxygen atoms in total. The zero-order valence-corrected chi connectivity index (χ0v) is 21.9. The molecule has 0 heterocycles. The normalized spacial score (nSPS) is 12.0. The van der Waals surface area contributed by atoms with E-state index >= 15 is 0 Å². The molecular weight excluding hydrogens is 480 g/mol. The molecule has 1 aliphatic rings. The van der Waals surface area contributed by atoms with Gasteiger partial charge in [0.25, 0.3) is 0 Å². The smallest absolute Gasteiger partial charge is 0.00199 e. The fourth-order valence-corrected chi connectivity index (χ4v) is 6.93. The Hall–Kier alpha value is -5.20. The van der Waals surface area contributed by atoms with Crippen molar-refractivity contribution in [1.29, 1.82) is 0 Å². The van der Waals surface area contributed by atoms with Gasteiger partial charge in [0.1, 0.15) is 0 Å². The van der Waals surface area contributed by atoms with Gasteiger partial charge in [-0.05, 0) is 112 Å². The van der Waals surface area contributed by atoms with Crippen molar-refractivity contribution in [3.05, 3.63) is 146 Å². The molecule has 0 fully saturated rings. The Morgan fingerprint density at radius 3 is 1.15 bits per heavy atom. The van der Waals surface area contributed by atoms with Gasteiger partial charge < -0.3 is 0 Å². The highest BCUT2D eigenvalue weighted by molar-refractivity contribution is 6.19. The largest absolute Gasteiger partial charge is 0.0616 e. The van der Waals surface area contributed by atoms with E-state index in [0.29, 0.717) is 0 Å². The first-order valence-corrected chi connectivity index (χ1v) is 13.9. The highest BCUT2D eigenvalue weighted by atomic mass is 14.3. The van der Waals surface area contributed by atoms with Crippen molar-refractivity contribution in [3.8, 4) is 44.5 Å². The lowest BCUT2D eigenvalue weighted by molar-refractivity contribution is 1.55. The molecule has 0 aromatic heterocycles. The van der Waals surface area contributed by atoms with Crippen molar-refractivity contribution in [2.75, 3.05) is 0 Å². The van der Waals surface area contributed by atoms with Crippen molar-refractivity contribution in [2.24, 2.45) is 0 Å². The van der Waals surface area contributed by atoms with Gasteiger partial charge in [-0.25, -0.2) is 0 Å². The van der Waals surface area contributed by atoms with Gasteiger partial charge in [0.05, 0.1) is 0 Å². The van der Waals surface area contributed by atoms with Gasteiger partial charge >= 0.3 is 0 Å². The fourth-order valence-electron chi connectivity index (χ4n) is 6.93. The molecule has 0 spiro atoms. The number of rotatable bonds is 0. The molecule has 8 aromatic rings. The summed E-state index contributed by atoms with van der Waals surface area (Å²) in [6, 6.07) is 54.1. The average Bonchev–Trinajstić information content (AvgIpc) is 3.01. The summed E-state index contributed by atoms with van der Waals surface area (Å²) in [5.74, 6) is 0. The van der Waals surface area contributed by atoms with Crippen LogP contribution in [0.3, 0.4) is 0 Å². The maximum absolute atomic E-state index is 2.40. The monoisotopic (exact) mass is 504 g/mol. The standard InChI is InChI=1S/C40H24/c1-4-12-28-24-38-29(21-25(28)9-1)17-19-35-33-15-6-5-13-31(33)32-14-7-8-16-34(32)39-36(40(35)38)20-18-30-22-26-10-2-3-11-27(26)23-37(30)39/h1-24H. The minimum Gasteiger partial charge on any atom is -0.0616 e. The summed E-state index contributed by atoms with van der Waals surface area (Å²) in [6.07, 6.45) is 0. The number of benzene rings is 8. The van der Waals surface area contributed by atoms with E-state index in [-0.39, 0.29) is 0 Å². The van der Waals surface area contributed by atoms with Crippen molar-refractivity contribution < 1.29 is 0 Å². The highest BCUT2D eigenvalue weighted by Crippen LogP contribution is 2.52. The van der Waals surface area contributed by atoms with E-state index in [1.165, 1.54) is 87.6 Å². The van der Waals surface area contributed by atoms with Crippen LogP contribution in [0.25, 0.3) is 87.6 Å². The molecule has 8 aromatic carbocycles. The van der Waals surface area contributed by atoms with Crippen LogP contribution in [0.4, 0.5) is 0 Å². The Balaban J connectivity index is 1.54. The van der Waals surface area contributed by atoms with Gasteiger partial charge in [-0.3, -0.25) is 0 Å². The van der Waals surface area contributed by atoms with Gasteiger partial charge in [0, 0.05) is 0 Å². The second-order valence-corrected chi connectivity index (χ2v) is 10.9. The summed E-state index contributed by atoms with van der Waals surface area (Å²) in [6.45, 7) is 0. The summed E-state index contributed by atoms with van der Waals surface area (Å²) in [5, 5.41) is 10.2. The van der Waals surface area contributed by atoms with Crippen molar-refractivity contribution >= 4 is 43.1 Å². The third-order valence-electron chi connectivity index (χ3n) is 8.75. The molecule has 0 saturated heterocycles. The van der Waals surface area contributed by atoms with E-state index in [0.717, 1.165) is 0 Å². The zero-order chi connectivity index (χ0) is 26.2. The topological polar surface area (TPSA) is 0 Å². The zero-order valence-electron chi connectivity index (χ0n) is 21.9. The maximum Gasteiger partial charge on any atom is -0.00199 e. The van der Waals surface area contributed by atoms with Gasteiger partial charge in [-0.1, -0.05) is 121 Å². The van der Waals surface area contributed by atoms with E-state index in [2.05, 4.69) is 146 Å². The molecule has 0 heteroatoms. The van der Waals surface area contributed by atoms with Gasteiger partial charge in [-0.15, -0.1) is 0 Å². The van der Waals surface area contributed by atoms with E-state index in [1.54, 1.807) is 0 Å². The van der Waals surface area contributed by atoms with Crippen molar-refractivity contribution in [2.45, 2.75) is 0 Å². The van der Waals surface area contributed by atoms with Crippen LogP contribution in [0, 0.1) is 0 Å². The van der Waals surface area contributed by atoms with Crippen molar-refractivity contribution in [1.82, 2.24) is 0 Å². The first kappa shape index (κ1) is 21.7. The molecule has 0 atom stereocenters. The van der Waals surface area contributed by atoms with Crippen LogP contribution < -0.4 is 0 Å². The predicted molar refractivity (Wildman–Crippen MR) is 172 cm³/mol.